The van der Waals surface area contributed by atoms with E-state index in [0.717, 1.165) is 51.4 Å². The van der Waals surface area contributed by atoms with Gasteiger partial charge < -0.3 is 26.2 Å². The second kappa shape index (κ2) is 16.3. The Balaban J connectivity index is 1.53. The first-order chi connectivity index (χ1) is 23.4. The molecule has 13 nitrogen and oxygen atoms in total. The molecule has 0 radical (unpaired) electrons. The van der Waals surface area contributed by atoms with Gasteiger partial charge in [0.2, 0.25) is 27.6 Å². The molecule has 0 spiro atoms. The van der Waals surface area contributed by atoms with Gasteiger partial charge in [-0.1, -0.05) is 73.6 Å². The van der Waals surface area contributed by atoms with Crippen molar-refractivity contribution in [3.63, 3.8) is 0 Å². The highest BCUT2D eigenvalue weighted by Crippen LogP contribution is 2.35. The van der Waals surface area contributed by atoms with Crippen LogP contribution in [0.25, 0.3) is 0 Å². The number of carbonyl (C=O) groups excluding carboxylic acids is 5. The predicted molar refractivity (Wildman–Crippen MR) is 191 cm³/mol. The zero-order chi connectivity index (χ0) is 37.0. The van der Waals surface area contributed by atoms with Crippen molar-refractivity contribution in [2.75, 3.05) is 19.3 Å². The largest absolute Gasteiger partial charge is 0.347 e. The Morgan fingerprint density at radius 1 is 0.940 bits per heavy atom. The first-order valence-corrected chi connectivity index (χ1v) is 20.5. The lowest BCUT2D eigenvalue weighted by Crippen LogP contribution is -2.64. The van der Waals surface area contributed by atoms with Crippen LogP contribution in [-0.4, -0.2) is 102 Å². The Bertz CT molecular complexity index is 1360. The summed E-state index contributed by atoms with van der Waals surface area (Å²) < 4.78 is 28.2. The van der Waals surface area contributed by atoms with Gasteiger partial charge in [0.15, 0.2) is 0 Å². The quantitative estimate of drug-likeness (QED) is 0.177. The van der Waals surface area contributed by atoms with Crippen LogP contribution in [0.15, 0.2) is 0 Å². The van der Waals surface area contributed by atoms with Gasteiger partial charge in [-0.3, -0.25) is 19.2 Å². The van der Waals surface area contributed by atoms with Crippen molar-refractivity contribution in [2.45, 2.75) is 161 Å². The summed E-state index contributed by atoms with van der Waals surface area (Å²) in [5.41, 5.74) is -1.72. The molecule has 4 rings (SSSR count). The van der Waals surface area contributed by atoms with Gasteiger partial charge in [-0.15, -0.1) is 0 Å². The van der Waals surface area contributed by atoms with E-state index in [1.54, 1.807) is 7.05 Å². The number of urea groups is 1. The maximum absolute atomic E-state index is 14.5. The van der Waals surface area contributed by atoms with Gasteiger partial charge >= 0.3 is 6.03 Å². The highest BCUT2D eigenvalue weighted by molar-refractivity contribution is 7.89. The Labute approximate surface area is 299 Å². The van der Waals surface area contributed by atoms with Crippen molar-refractivity contribution in [3.05, 3.63) is 0 Å². The molecule has 14 heteroatoms. The van der Waals surface area contributed by atoms with Gasteiger partial charge in [-0.2, -0.15) is 0 Å². The minimum absolute atomic E-state index is 0.00254. The number of unbranched alkanes of at least 4 members (excludes halogenated alkanes) is 1. The minimum Gasteiger partial charge on any atom is -0.347 e. The predicted octanol–water partition coefficient (Wildman–Crippen LogP) is 3.22. The smallest absolute Gasteiger partial charge is 0.315 e. The number of sulfonamides is 1. The summed E-state index contributed by atoms with van der Waals surface area (Å²) in [5.74, 6) is -2.63. The molecular formula is C36H62N6O7S. The molecule has 3 saturated carbocycles. The summed E-state index contributed by atoms with van der Waals surface area (Å²) in [7, 11) is -2.02. The zero-order valence-corrected chi connectivity index (χ0v) is 32.1. The highest BCUT2D eigenvalue weighted by atomic mass is 32.2. The van der Waals surface area contributed by atoms with Crippen molar-refractivity contribution in [2.24, 2.45) is 17.3 Å². The third kappa shape index (κ3) is 10.2. The third-order valence-electron chi connectivity index (χ3n) is 11.0. The number of hydrogen-bond donors (Lipinski definition) is 4. The van der Waals surface area contributed by atoms with Crippen molar-refractivity contribution in [1.29, 1.82) is 0 Å². The molecule has 0 aromatic heterocycles. The van der Waals surface area contributed by atoms with Crippen LogP contribution in [0.1, 0.15) is 125 Å². The van der Waals surface area contributed by atoms with Crippen LogP contribution < -0.4 is 21.3 Å². The molecule has 0 bridgehead atoms. The van der Waals surface area contributed by atoms with Crippen molar-refractivity contribution in [3.8, 4) is 0 Å². The molecule has 4 atom stereocenters. The number of hydrogen-bond acceptors (Lipinski definition) is 7. The highest BCUT2D eigenvalue weighted by Gasteiger charge is 2.49. The average Bonchev–Trinajstić information content (AvgIpc) is 3.98. The van der Waals surface area contributed by atoms with E-state index in [9.17, 15) is 32.4 Å². The molecule has 50 heavy (non-hydrogen) atoms. The molecule has 5 amide bonds. The van der Waals surface area contributed by atoms with E-state index in [-0.39, 0.29) is 29.7 Å². The number of Topliss-reactive ketones (excluding diaryl/α,β-unsaturated/α-hetero) is 1. The molecule has 4 aliphatic rings. The van der Waals surface area contributed by atoms with E-state index >= 15 is 0 Å². The minimum atomic E-state index is -3.63. The summed E-state index contributed by atoms with van der Waals surface area (Å²) >= 11 is 0. The average molecular weight is 723 g/mol. The number of nitrogens with zero attached hydrogens (tertiary/aromatic N) is 2. The zero-order valence-electron chi connectivity index (χ0n) is 31.3. The summed E-state index contributed by atoms with van der Waals surface area (Å²) in [6.07, 6.45) is 9.21. The Morgan fingerprint density at radius 2 is 1.58 bits per heavy atom. The number of amides is 5. The van der Waals surface area contributed by atoms with Crippen LogP contribution >= 0.6 is 0 Å². The lowest BCUT2D eigenvalue weighted by atomic mass is 9.83. The van der Waals surface area contributed by atoms with Crippen LogP contribution in [0, 0.1) is 17.3 Å². The summed E-state index contributed by atoms with van der Waals surface area (Å²) in [6.45, 7) is 11.8. The Kier molecular flexibility index (Phi) is 13.0. The molecule has 284 valence electrons. The standard InChI is InChI=1S/C36H62N6O7S/c1-8-9-13-27(29(43)32(45)37-24-14-15-24)38-31(44)28-26(23(2)3)18-21-42(28)33(46)30(35(4,5)6)39-34(47)40-36(19-11-10-12-20-36)22-50(48,49)41(7)25-16-17-25/h23-28,30H,8-22H2,1-7H3,(H,37,45)(H,38,44)(H2,39,40,47)/t26-,27+,28+,30-/m1/s1. The molecule has 0 aromatic carbocycles. The van der Waals surface area contributed by atoms with Gasteiger partial charge in [0.1, 0.15) is 12.1 Å². The van der Waals surface area contributed by atoms with Crippen molar-refractivity contribution >= 4 is 39.6 Å². The number of rotatable bonds is 16. The van der Waals surface area contributed by atoms with Gasteiger partial charge in [0, 0.05) is 25.7 Å². The molecule has 0 unspecified atom stereocenters. The number of nitrogens with one attached hydrogen (secondary N) is 4. The first kappa shape index (κ1) is 40.0. The molecular weight excluding hydrogens is 660 g/mol. The topological polar surface area (TPSA) is 174 Å². The maximum atomic E-state index is 14.5. The molecule has 4 N–H and O–H groups in total. The van der Waals surface area contributed by atoms with E-state index in [1.165, 1.54) is 9.21 Å². The van der Waals surface area contributed by atoms with E-state index < -0.39 is 68.6 Å². The van der Waals surface area contributed by atoms with E-state index in [2.05, 4.69) is 21.3 Å². The van der Waals surface area contributed by atoms with Crippen LogP contribution in [0.5, 0.6) is 0 Å². The Morgan fingerprint density at radius 3 is 2.12 bits per heavy atom. The van der Waals surface area contributed by atoms with Gasteiger partial charge in [-0.25, -0.2) is 17.5 Å². The van der Waals surface area contributed by atoms with E-state index in [0.29, 0.717) is 38.6 Å². The fourth-order valence-corrected chi connectivity index (χ4v) is 9.47. The number of likely N-dealkylation sites (tertiary alicyclic amines) is 1. The van der Waals surface area contributed by atoms with Crippen molar-refractivity contribution < 1.29 is 32.4 Å². The SMILES string of the molecule is CCCC[C@H](NC(=O)[C@@H]1[C@@H](C(C)C)CCN1C(=O)[C@@H](NC(=O)NC1(CS(=O)(=O)N(C)C2CC2)CCCCC1)C(C)(C)C)C(=O)C(=O)NC1CC1. The molecule has 4 fully saturated rings. The first-order valence-electron chi connectivity index (χ1n) is 18.9. The second-order valence-corrected chi connectivity index (χ2v) is 18.8. The normalized spacial score (nSPS) is 23.7. The summed E-state index contributed by atoms with van der Waals surface area (Å²) in [5, 5.41) is 11.5. The van der Waals surface area contributed by atoms with Gasteiger partial charge in [0.05, 0.1) is 17.3 Å². The maximum Gasteiger partial charge on any atom is 0.315 e. The van der Waals surface area contributed by atoms with Crippen LogP contribution in [-0.2, 0) is 29.2 Å². The lowest BCUT2D eigenvalue weighted by Gasteiger charge is -2.40. The number of carbonyl (C=O) groups is 5. The van der Waals surface area contributed by atoms with Crippen LogP contribution in [0.4, 0.5) is 4.79 Å². The molecule has 1 heterocycles. The van der Waals surface area contributed by atoms with E-state index in [4.69, 9.17) is 0 Å². The Hall–Kier alpha value is -2.74. The number of ketones is 1. The van der Waals surface area contributed by atoms with E-state index in [1.807, 2.05) is 41.5 Å². The summed E-state index contributed by atoms with van der Waals surface area (Å²) in [6, 6.07) is -3.53. The van der Waals surface area contributed by atoms with Crippen molar-refractivity contribution in [1.82, 2.24) is 30.5 Å². The molecule has 3 aliphatic carbocycles. The van der Waals surface area contributed by atoms with Gasteiger partial charge in [-0.05, 0) is 68.6 Å². The monoisotopic (exact) mass is 722 g/mol. The molecule has 1 aliphatic heterocycles. The third-order valence-corrected chi connectivity index (χ3v) is 13.1. The van der Waals surface area contributed by atoms with Crippen LogP contribution in [0.3, 0.4) is 0 Å². The fraction of sp³-hybridized carbons (Fsp3) is 0.861. The second-order valence-electron chi connectivity index (χ2n) is 16.7. The lowest BCUT2D eigenvalue weighted by molar-refractivity contribution is -0.145. The van der Waals surface area contributed by atoms with Crippen LogP contribution in [0.2, 0.25) is 0 Å². The summed E-state index contributed by atoms with van der Waals surface area (Å²) in [4.78, 5) is 69.8. The molecule has 0 aromatic rings. The molecule has 1 saturated heterocycles. The van der Waals surface area contributed by atoms with Gasteiger partial charge in [0.25, 0.3) is 5.91 Å². The fourth-order valence-electron chi connectivity index (χ4n) is 7.55.